The number of ether oxygens (including phenoxy) is 3. The van der Waals surface area contributed by atoms with E-state index in [1.807, 2.05) is 0 Å². The number of alkyl halides is 3. The SMILES string of the molecule is COc1nc2nc(C)nc(NC(C)c3cc([N+](=O)[O-])cc(C(F)(F)F)c3)c2nc1O[C@H]1CCOC1. The molecule has 186 valence electrons. The van der Waals surface area contributed by atoms with Crippen molar-refractivity contribution in [1.82, 2.24) is 19.9 Å². The van der Waals surface area contributed by atoms with E-state index >= 15 is 0 Å². The highest BCUT2D eigenvalue weighted by atomic mass is 19.4. The van der Waals surface area contributed by atoms with Gasteiger partial charge >= 0.3 is 6.18 Å². The molecule has 1 aliphatic heterocycles. The van der Waals surface area contributed by atoms with Crippen LogP contribution in [0.1, 0.15) is 36.3 Å². The lowest BCUT2D eigenvalue weighted by molar-refractivity contribution is -0.385. The number of rotatable bonds is 7. The van der Waals surface area contributed by atoms with Crippen molar-refractivity contribution < 1.29 is 32.3 Å². The summed E-state index contributed by atoms with van der Waals surface area (Å²) in [5.41, 5.74) is -1.39. The molecule has 0 spiro atoms. The molecule has 35 heavy (non-hydrogen) atoms. The quantitative estimate of drug-likeness (QED) is 0.379. The maximum Gasteiger partial charge on any atom is 0.416 e. The Bertz CT molecular complexity index is 1270. The van der Waals surface area contributed by atoms with Crippen molar-refractivity contribution in [2.24, 2.45) is 0 Å². The third-order valence-corrected chi connectivity index (χ3v) is 5.27. The number of fused-ring (bicyclic) bond motifs is 1. The van der Waals surface area contributed by atoms with Crippen molar-refractivity contribution in [3.63, 3.8) is 0 Å². The van der Waals surface area contributed by atoms with Crippen LogP contribution in [0.3, 0.4) is 0 Å². The van der Waals surface area contributed by atoms with E-state index in [-0.39, 0.29) is 40.4 Å². The number of aromatic nitrogens is 4. The lowest BCUT2D eigenvalue weighted by atomic mass is 10.0. The first-order valence-corrected chi connectivity index (χ1v) is 10.5. The molecule has 1 saturated heterocycles. The van der Waals surface area contributed by atoms with Crippen molar-refractivity contribution in [3.05, 3.63) is 45.3 Å². The Hall–Kier alpha value is -3.81. The molecule has 3 aromatic rings. The van der Waals surface area contributed by atoms with Gasteiger partial charge in [-0.05, 0) is 25.5 Å². The van der Waals surface area contributed by atoms with Crippen LogP contribution < -0.4 is 14.8 Å². The topological polar surface area (TPSA) is 134 Å². The minimum absolute atomic E-state index is 0.0389. The molecule has 11 nitrogen and oxygen atoms in total. The first-order chi connectivity index (χ1) is 16.5. The van der Waals surface area contributed by atoms with Gasteiger partial charge in [0.2, 0.25) is 0 Å². The van der Waals surface area contributed by atoms with Crippen molar-refractivity contribution in [1.29, 1.82) is 0 Å². The second-order valence-corrected chi connectivity index (χ2v) is 7.87. The predicted octanol–water partition coefficient (Wildman–Crippen LogP) is 4.00. The van der Waals surface area contributed by atoms with Crippen LogP contribution in [0.15, 0.2) is 18.2 Å². The summed E-state index contributed by atoms with van der Waals surface area (Å²) in [6.07, 6.45) is -4.34. The van der Waals surface area contributed by atoms with E-state index in [9.17, 15) is 23.3 Å². The first-order valence-electron chi connectivity index (χ1n) is 10.5. The smallest absolute Gasteiger partial charge is 0.416 e. The number of hydrogen-bond acceptors (Lipinski definition) is 10. The molecule has 2 aromatic heterocycles. The zero-order valence-electron chi connectivity index (χ0n) is 18.9. The van der Waals surface area contributed by atoms with Gasteiger partial charge in [-0.25, -0.2) is 15.0 Å². The Balaban J connectivity index is 1.74. The standard InChI is InChI=1S/C21H21F3N6O5/c1-10(12-6-13(21(22,23)24)8-14(7-12)30(31)32)25-17-16-18(27-11(2)26-17)29-19(33-3)20(28-16)35-15-4-5-34-9-15/h6-8,10,15H,4-5,9H2,1-3H3,(H,25,26,27,29)/t10?,15-/m0/s1. The highest BCUT2D eigenvalue weighted by molar-refractivity contribution is 5.83. The van der Waals surface area contributed by atoms with Crippen LogP contribution in [0.4, 0.5) is 24.7 Å². The van der Waals surface area contributed by atoms with Crippen LogP contribution >= 0.6 is 0 Å². The molecule has 1 N–H and O–H groups in total. The molecule has 0 aliphatic carbocycles. The molecular weight excluding hydrogens is 473 g/mol. The largest absolute Gasteiger partial charge is 0.477 e. The Kier molecular flexibility index (Phi) is 6.56. The molecule has 0 bridgehead atoms. The monoisotopic (exact) mass is 494 g/mol. The fourth-order valence-corrected chi connectivity index (χ4v) is 3.54. The number of methoxy groups -OCH3 is 1. The van der Waals surface area contributed by atoms with E-state index in [4.69, 9.17) is 14.2 Å². The molecule has 14 heteroatoms. The van der Waals surface area contributed by atoms with Crippen molar-refractivity contribution >= 4 is 22.7 Å². The van der Waals surface area contributed by atoms with Gasteiger partial charge < -0.3 is 19.5 Å². The van der Waals surface area contributed by atoms with Gasteiger partial charge in [0.1, 0.15) is 11.9 Å². The zero-order chi connectivity index (χ0) is 25.3. The van der Waals surface area contributed by atoms with E-state index in [2.05, 4.69) is 25.3 Å². The molecule has 0 amide bonds. The van der Waals surface area contributed by atoms with Crippen LogP contribution in [-0.4, -0.2) is 51.3 Å². The second-order valence-electron chi connectivity index (χ2n) is 7.87. The number of nitrogens with zero attached hydrogens (tertiary/aromatic N) is 5. The molecule has 1 aromatic carbocycles. The minimum Gasteiger partial charge on any atom is -0.477 e. The first kappa shape index (κ1) is 24.3. The van der Waals surface area contributed by atoms with Gasteiger partial charge in [0.15, 0.2) is 17.0 Å². The van der Waals surface area contributed by atoms with Crippen LogP contribution in [0, 0.1) is 17.0 Å². The van der Waals surface area contributed by atoms with Gasteiger partial charge in [-0.1, -0.05) is 0 Å². The van der Waals surface area contributed by atoms with E-state index in [1.54, 1.807) is 13.8 Å². The van der Waals surface area contributed by atoms with E-state index in [0.29, 0.717) is 31.5 Å². The Labute approximate surface area is 196 Å². The second kappa shape index (κ2) is 9.44. The summed E-state index contributed by atoms with van der Waals surface area (Å²) in [4.78, 5) is 27.7. The van der Waals surface area contributed by atoms with Gasteiger partial charge in [0.25, 0.3) is 17.4 Å². The lowest BCUT2D eigenvalue weighted by Crippen LogP contribution is -2.18. The molecule has 0 radical (unpaired) electrons. The third kappa shape index (κ3) is 5.31. The zero-order valence-corrected chi connectivity index (χ0v) is 18.9. The molecule has 1 aliphatic rings. The average molecular weight is 494 g/mol. The number of halogens is 3. The minimum atomic E-state index is -4.75. The fourth-order valence-electron chi connectivity index (χ4n) is 3.54. The van der Waals surface area contributed by atoms with E-state index < -0.39 is 28.4 Å². The van der Waals surface area contributed by atoms with E-state index in [0.717, 1.165) is 12.1 Å². The number of non-ortho nitro benzene ring substituents is 1. The number of hydrogen-bond donors (Lipinski definition) is 1. The summed E-state index contributed by atoms with van der Waals surface area (Å²) in [6.45, 7) is 4.08. The summed E-state index contributed by atoms with van der Waals surface area (Å²) in [5.74, 6) is 0.683. The summed E-state index contributed by atoms with van der Waals surface area (Å²) in [7, 11) is 1.41. The predicted molar refractivity (Wildman–Crippen MR) is 116 cm³/mol. The Morgan fingerprint density at radius 2 is 1.97 bits per heavy atom. The number of benzene rings is 1. The van der Waals surface area contributed by atoms with Crippen LogP contribution in [0.5, 0.6) is 11.8 Å². The highest BCUT2D eigenvalue weighted by Gasteiger charge is 2.33. The third-order valence-electron chi connectivity index (χ3n) is 5.27. The molecule has 1 unspecified atom stereocenters. The van der Waals surface area contributed by atoms with E-state index in [1.165, 1.54) is 7.11 Å². The van der Waals surface area contributed by atoms with Gasteiger partial charge in [-0.15, -0.1) is 0 Å². The molecule has 1 fully saturated rings. The van der Waals surface area contributed by atoms with Crippen LogP contribution in [0.25, 0.3) is 11.2 Å². The highest BCUT2D eigenvalue weighted by Crippen LogP contribution is 2.35. The summed E-state index contributed by atoms with van der Waals surface area (Å²) >= 11 is 0. The van der Waals surface area contributed by atoms with Gasteiger partial charge in [0, 0.05) is 18.6 Å². The number of nitrogens with one attached hydrogen (secondary N) is 1. The molecular formula is C21H21F3N6O5. The molecule has 4 rings (SSSR count). The summed E-state index contributed by atoms with van der Waals surface area (Å²) < 4.78 is 56.5. The lowest BCUT2D eigenvalue weighted by Gasteiger charge is -2.19. The number of aryl methyl sites for hydroxylation is 1. The number of nitro groups is 1. The Morgan fingerprint density at radius 1 is 1.20 bits per heavy atom. The van der Waals surface area contributed by atoms with Crippen LogP contribution in [-0.2, 0) is 10.9 Å². The average Bonchev–Trinajstić information content (AvgIpc) is 3.31. The molecule has 0 saturated carbocycles. The van der Waals surface area contributed by atoms with Gasteiger partial charge in [0.05, 0.1) is 36.9 Å². The van der Waals surface area contributed by atoms with Gasteiger partial charge in [-0.2, -0.15) is 18.2 Å². The maximum absolute atomic E-state index is 13.3. The normalized spacial score (nSPS) is 16.8. The Morgan fingerprint density at radius 3 is 2.60 bits per heavy atom. The van der Waals surface area contributed by atoms with Crippen molar-refractivity contribution in [2.45, 2.75) is 38.6 Å². The fraction of sp³-hybridized carbons (Fsp3) is 0.429. The van der Waals surface area contributed by atoms with Gasteiger partial charge in [-0.3, -0.25) is 10.1 Å². The van der Waals surface area contributed by atoms with Crippen molar-refractivity contribution in [3.8, 4) is 11.8 Å². The molecule has 2 atom stereocenters. The van der Waals surface area contributed by atoms with Crippen molar-refractivity contribution in [2.75, 3.05) is 25.6 Å². The number of anilines is 1. The maximum atomic E-state index is 13.3. The van der Waals surface area contributed by atoms with Crippen LogP contribution in [0.2, 0.25) is 0 Å². The summed E-state index contributed by atoms with van der Waals surface area (Å²) in [6, 6.07) is 1.61. The molecule has 3 heterocycles. The summed E-state index contributed by atoms with van der Waals surface area (Å²) in [5, 5.41) is 14.2. The number of nitro benzene ring substituents is 1.